The zero-order chi connectivity index (χ0) is 17.7. The number of ether oxygens (including phenoxy) is 1. The van der Waals surface area contributed by atoms with Gasteiger partial charge in [0.2, 0.25) is 0 Å². The molecule has 7 heteroatoms. The van der Waals surface area contributed by atoms with E-state index in [0.29, 0.717) is 11.6 Å². The number of thioether (sulfide) groups is 1. The Kier molecular flexibility index (Phi) is 4.40. The maximum absolute atomic E-state index is 13.3. The Morgan fingerprint density at radius 1 is 1.24 bits per heavy atom. The van der Waals surface area contributed by atoms with Crippen molar-refractivity contribution in [3.05, 3.63) is 20.8 Å². The lowest BCUT2D eigenvalue weighted by molar-refractivity contribution is -0.140. The fourth-order valence-corrected chi connectivity index (χ4v) is 6.14. The van der Waals surface area contributed by atoms with Crippen LogP contribution in [0.1, 0.15) is 55.5 Å². The largest absolute Gasteiger partial charge is 0.462 e. The number of hydrogen-bond acceptors (Lipinski definition) is 6. The second-order valence-electron chi connectivity index (χ2n) is 7.06. The van der Waals surface area contributed by atoms with Gasteiger partial charge in [-0.25, -0.2) is 4.98 Å². The van der Waals surface area contributed by atoms with Gasteiger partial charge >= 0.3 is 5.97 Å². The summed E-state index contributed by atoms with van der Waals surface area (Å²) in [6.45, 7) is 5.94. The summed E-state index contributed by atoms with van der Waals surface area (Å²) in [5.74, 6) is -0.191. The van der Waals surface area contributed by atoms with Crippen molar-refractivity contribution in [2.45, 2.75) is 75.4 Å². The predicted octanol–water partition coefficient (Wildman–Crippen LogP) is 3.99. The Labute approximate surface area is 154 Å². The first-order valence-electron chi connectivity index (χ1n) is 8.85. The summed E-state index contributed by atoms with van der Waals surface area (Å²) in [4.78, 5) is 32.1. The molecule has 0 amide bonds. The van der Waals surface area contributed by atoms with E-state index in [1.165, 1.54) is 11.8 Å². The number of esters is 1. The molecule has 1 aliphatic carbocycles. The van der Waals surface area contributed by atoms with E-state index in [1.807, 2.05) is 25.3 Å². The summed E-state index contributed by atoms with van der Waals surface area (Å²) < 4.78 is 7.15. The number of aromatic nitrogens is 2. The van der Waals surface area contributed by atoms with Gasteiger partial charge in [0.15, 0.2) is 5.16 Å². The third-order valence-electron chi connectivity index (χ3n) is 5.27. The summed E-state index contributed by atoms with van der Waals surface area (Å²) in [7, 11) is 0. The first-order valence-corrected chi connectivity index (χ1v) is 10.5. The van der Waals surface area contributed by atoms with Crippen LogP contribution in [0.2, 0.25) is 0 Å². The number of nitrogens with zero attached hydrogens (tertiary/aromatic N) is 2. The highest BCUT2D eigenvalue weighted by atomic mass is 32.2. The number of aryl methyl sites for hydroxylation is 2. The number of hydrogen-bond donors (Lipinski definition) is 0. The minimum atomic E-state index is -0.269. The Hall–Kier alpha value is -1.34. The lowest BCUT2D eigenvalue weighted by Crippen LogP contribution is -2.27. The van der Waals surface area contributed by atoms with Crippen molar-refractivity contribution in [1.29, 1.82) is 0 Å². The van der Waals surface area contributed by atoms with Gasteiger partial charge in [-0.1, -0.05) is 24.6 Å². The topological polar surface area (TPSA) is 61.2 Å². The van der Waals surface area contributed by atoms with Gasteiger partial charge in [-0.05, 0) is 39.2 Å². The Morgan fingerprint density at radius 3 is 2.60 bits per heavy atom. The van der Waals surface area contributed by atoms with E-state index in [2.05, 4.69) is 0 Å². The number of cyclic esters (lactones) is 1. The Bertz CT molecular complexity index is 896. The van der Waals surface area contributed by atoms with Crippen LogP contribution in [-0.2, 0) is 9.53 Å². The summed E-state index contributed by atoms with van der Waals surface area (Å²) in [6.07, 6.45) is 4.91. The predicted molar refractivity (Wildman–Crippen MR) is 101 cm³/mol. The number of fused-ring (bicyclic) bond motifs is 1. The summed E-state index contributed by atoms with van der Waals surface area (Å²) in [5, 5.41) is 1.16. The molecule has 5 nitrogen and oxygen atoms in total. The third-order valence-corrected chi connectivity index (χ3v) is 7.54. The van der Waals surface area contributed by atoms with Gasteiger partial charge < -0.3 is 4.74 Å². The zero-order valence-electron chi connectivity index (χ0n) is 14.7. The van der Waals surface area contributed by atoms with Crippen molar-refractivity contribution < 1.29 is 9.53 Å². The fraction of sp³-hybridized carbons (Fsp3) is 0.611. The van der Waals surface area contributed by atoms with E-state index < -0.39 is 0 Å². The smallest absolute Gasteiger partial charge is 0.319 e. The molecule has 0 radical (unpaired) electrons. The molecule has 1 aliphatic heterocycles. The Morgan fingerprint density at radius 2 is 1.96 bits per heavy atom. The molecule has 0 bridgehead atoms. The average molecular weight is 379 g/mol. The Balaban J connectivity index is 1.85. The number of carbonyl (C=O) groups is 1. The first kappa shape index (κ1) is 17.1. The van der Waals surface area contributed by atoms with Gasteiger partial charge in [0.1, 0.15) is 16.2 Å². The summed E-state index contributed by atoms with van der Waals surface area (Å²) in [6, 6.07) is 0.196. The van der Waals surface area contributed by atoms with Crippen LogP contribution in [-0.4, -0.2) is 26.9 Å². The van der Waals surface area contributed by atoms with Crippen molar-refractivity contribution in [2.75, 3.05) is 0 Å². The second-order valence-corrected chi connectivity index (χ2v) is 9.43. The van der Waals surface area contributed by atoms with Crippen molar-refractivity contribution in [1.82, 2.24) is 9.55 Å². The van der Waals surface area contributed by atoms with Crippen LogP contribution in [0.4, 0.5) is 0 Å². The molecule has 0 aromatic carbocycles. The van der Waals surface area contributed by atoms with Crippen LogP contribution >= 0.6 is 23.1 Å². The highest BCUT2D eigenvalue weighted by molar-refractivity contribution is 8.00. The highest BCUT2D eigenvalue weighted by Crippen LogP contribution is 2.37. The first-order chi connectivity index (χ1) is 12.0. The van der Waals surface area contributed by atoms with E-state index >= 15 is 0 Å². The van der Waals surface area contributed by atoms with Crippen LogP contribution in [0.25, 0.3) is 10.2 Å². The molecule has 4 rings (SSSR count). The van der Waals surface area contributed by atoms with Crippen LogP contribution in [0.5, 0.6) is 0 Å². The van der Waals surface area contributed by atoms with Crippen LogP contribution in [0.3, 0.4) is 0 Å². The summed E-state index contributed by atoms with van der Waals surface area (Å²) >= 11 is 2.97. The van der Waals surface area contributed by atoms with Gasteiger partial charge in [-0.15, -0.1) is 11.3 Å². The van der Waals surface area contributed by atoms with E-state index in [0.717, 1.165) is 46.3 Å². The molecule has 1 saturated heterocycles. The molecule has 0 N–H and O–H groups in total. The number of rotatable bonds is 3. The van der Waals surface area contributed by atoms with Crippen LogP contribution < -0.4 is 5.56 Å². The maximum Gasteiger partial charge on any atom is 0.319 e. The molecule has 0 spiro atoms. The van der Waals surface area contributed by atoms with Gasteiger partial charge in [0, 0.05) is 17.3 Å². The minimum absolute atomic E-state index is 0.0562. The van der Waals surface area contributed by atoms with Gasteiger partial charge in [-0.2, -0.15) is 0 Å². The standard InChI is InChI=1S/C18H22N2O3S2/c1-9-8-13(17(22)23-9)25-18-19-15-14(10(2)11(3)24-15)16(21)20(18)12-6-4-5-7-12/h9,12-13H,4-8H2,1-3H3/t9-,13+/m1/s1. The highest BCUT2D eigenvalue weighted by Gasteiger charge is 2.35. The third kappa shape index (κ3) is 2.91. The van der Waals surface area contributed by atoms with E-state index in [1.54, 1.807) is 11.3 Å². The molecular formula is C18H22N2O3S2. The lowest BCUT2D eigenvalue weighted by atomic mass is 10.2. The van der Waals surface area contributed by atoms with Crippen LogP contribution in [0.15, 0.2) is 9.95 Å². The maximum atomic E-state index is 13.3. The number of thiophene rings is 1. The zero-order valence-corrected chi connectivity index (χ0v) is 16.3. The van der Waals surface area contributed by atoms with Gasteiger partial charge in [-0.3, -0.25) is 14.2 Å². The summed E-state index contributed by atoms with van der Waals surface area (Å²) in [5.41, 5.74) is 1.09. The van der Waals surface area contributed by atoms with E-state index in [4.69, 9.17) is 9.72 Å². The molecule has 134 valence electrons. The van der Waals surface area contributed by atoms with E-state index in [-0.39, 0.29) is 28.9 Å². The second kappa shape index (κ2) is 6.43. The van der Waals surface area contributed by atoms with E-state index in [9.17, 15) is 9.59 Å². The van der Waals surface area contributed by atoms with Crippen molar-refractivity contribution in [3.8, 4) is 0 Å². The SMILES string of the molecule is Cc1sc2nc(S[C@H]3C[C@@H](C)OC3=O)n(C3CCCC3)c(=O)c2c1C. The molecule has 3 heterocycles. The molecule has 1 saturated carbocycles. The monoisotopic (exact) mass is 378 g/mol. The molecule has 2 aliphatic rings. The average Bonchev–Trinajstić information content (AvgIpc) is 3.23. The van der Waals surface area contributed by atoms with Gasteiger partial charge in [0.05, 0.1) is 5.39 Å². The van der Waals surface area contributed by atoms with Crippen molar-refractivity contribution in [3.63, 3.8) is 0 Å². The quantitative estimate of drug-likeness (QED) is 0.597. The molecule has 0 unspecified atom stereocenters. The molecule has 2 aromatic rings. The lowest BCUT2D eigenvalue weighted by Gasteiger charge is -2.19. The normalized spacial score (nSPS) is 24.4. The fourth-order valence-electron chi connectivity index (χ4n) is 3.80. The van der Waals surface area contributed by atoms with Crippen LogP contribution in [0, 0.1) is 13.8 Å². The van der Waals surface area contributed by atoms with Gasteiger partial charge in [0.25, 0.3) is 5.56 Å². The molecule has 2 atom stereocenters. The molecule has 2 aromatic heterocycles. The molecule has 25 heavy (non-hydrogen) atoms. The minimum Gasteiger partial charge on any atom is -0.462 e. The number of carbonyl (C=O) groups excluding carboxylic acids is 1. The molecule has 2 fully saturated rings. The molecular weight excluding hydrogens is 356 g/mol. The van der Waals surface area contributed by atoms with Crippen molar-refractivity contribution in [2.24, 2.45) is 0 Å². The van der Waals surface area contributed by atoms with Crippen molar-refractivity contribution >= 4 is 39.3 Å².